The Kier molecular flexibility index (Phi) is 5.53. The fourth-order valence-electron chi connectivity index (χ4n) is 4.60. The number of carbonyl (C=O) groups is 2. The fraction of sp³-hybridized carbons (Fsp3) is 0.571. The van der Waals surface area contributed by atoms with Crippen LogP contribution in [-0.4, -0.2) is 35.3 Å². The number of thiophene rings is 1. The molecule has 3 N–H and O–H groups in total. The van der Waals surface area contributed by atoms with E-state index in [4.69, 9.17) is 10.7 Å². The SMILES string of the molecule is CNC(=O)c1sc2nc([C@H]3CCCCN3C(=O)CC3CCCC3)ccc2c1N. The van der Waals surface area contributed by atoms with Crippen molar-refractivity contribution in [1.82, 2.24) is 15.2 Å². The van der Waals surface area contributed by atoms with Gasteiger partial charge in [-0.15, -0.1) is 11.3 Å². The van der Waals surface area contributed by atoms with Crippen molar-refractivity contribution in [2.75, 3.05) is 19.3 Å². The van der Waals surface area contributed by atoms with Gasteiger partial charge in [0, 0.05) is 25.4 Å². The van der Waals surface area contributed by atoms with Crippen molar-refractivity contribution in [2.24, 2.45) is 5.92 Å². The number of likely N-dealkylation sites (tertiary alicyclic amines) is 1. The minimum atomic E-state index is -0.187. The molecule has 1 saturated carbocycles. The number of hydrogen-bond acceptors (Lipinski definition) is 5. The Hall–Kier alpha value is -2.15. The first-order valence-corrected chi connectivity index (χ1v) is 11.1. The molecule has 1 aliphatic heterocycles. The van der Waals surface area contributed by atoms with Gasteiger partial charge < -0.3 is 16.0 Å². The number of anilines is 1. The summed E-state index contributed by atoms with van der Waals surface area (Å²) in [7, 11) is 1.60. The number of rotatable bonds is 4. The van der Waals surface area contributed by atoms with Crippen LogP contribution >= 0.6 is 11.3 Å². The Labute approximate surface area is 169 Å². The van der Waals surface area contributed by atoms with Crippen LogP contribution < -0.4 is 11.1 Å². The van der Waals surface area contributed by atoms with Gasteiger partial charge in [0.2, 0.25) is 5.91 Å². The maximum Gasteiger partial charge on any atom is 0.263 e. The molecule has 2 aliphatic rings. The van der Waals surface area contributed by atoms with Gasteiger partial charge in [0.1, 0.15) is 9.71 Å². The molecule has 2 fully saturated rings. The zero-order valence-electron chi connectivity index (χ0n) is 16.4. The average molecular weight is 401 g/mol. The fourth-order valence-corrected chi connectivity index (χ4v) is 5.64. The molecule has 1 saturated heterocycles. The standard InChI is InChI=1S/C21H28N4O2S/c1-23-20(27)19-18(22)14-9-10-15(24-21(14)28-19)16-8-4-5-11-25(16)17(26)12-13-6-2-3-7-13/h9-10,13,16H,2-8,11-12,22H2,1H3,(H,23,27)/t16-/m1/s1. The number of nitrogens with two attached hydrogens (primary N) is 1. The third kappa shape index (κ3) is 3.60. The third-order valence-corrected chi connectivity index (χ3v) is 7.27. The van der Waals surface area contributed by atoms with Crippen molar-refractivity contribution < 1.29 is 9.59 Å². The van der Waals surface area contributed by atoms with Gasteiger partial charge in [0.15, 0.2) is 0 Å². The number of nitrogen functional groups attached to an aromatic ring is 1. The second kappa shape index (κ2) is 8.07. The second-order valence-electron chi connectivity index (χ2n) is 7.97. The van der Waals surface area contributed by atoms with Gasteiger partial charge in [-0.3, -0.25) is 9.59 Å². The van der Waals surface area contributed by atoms with Crippen molar-refractivity contribution in [1.29, 1.82) is 0 Å². The molecular formula is C21H28N4O2S. The third-order valence-electron chi connectivity index (χ3n) is 6.15. The molecule has 6 nitrogen and oxygen atoms in total. The van der Waals surface area contributed by atoms with Gasteiger partial charge in [-0.25, -0.2) is 4.98 Å². The van der Waals surface area contributed by atoms with Crippen molar-refractivity contribution in [3.05, 3.63) is 22.7 Å². The normalized spacial score (nSPS) is 20.6. The van der Waals surface area contributed by atoms with E-state index in [9.17, 15) is 9.59 Å². The molecule has 28 heavy (non-hydrogen) atoms. The number of carbonyl (C=O) groups excluding carboxylic acids is 2. The van der Waals surface area contributed by atoms with E-state index >= 15 is 0 Å². The predicted octanol–water partition coefficient (Wildman–Crippen LogP) is 3.87. The highest BCUT2D eigenvalue weighted by Gasteiger charge is 2.31. The lowest BCUT2D eigenvalue weighted by atomic mass is 9.96. The molecule has 0 bridgehead atoms. The highest BCUT2D eigenvalue weighted by Crippen LogP contribution is 2.37. The van der Waals surface area contributed by atoms with Crippen LogP contribution in [0.15, 0.2) is 12.1 Å². The minimum absolute atomic E-state index is 0.0267. The monoisotopic (exact) mass is 400 g/mol. The average Bonchev–Trinajstić information content (AvgIpc) is 3.35. The van der Waals surface area contributed by atoms with E-state index in [2.05, 4.69) is 5.32 Å². The van der Waals surface area contributed by atoms with Gasteiger partial charge in [-0.1, -0.05) is 12.8 Å². The van der Waals surface area contributed by atoms with Crippen LogP contribution in [0.5, 0.6) is 0 Å². The van der Waals surface area contributed by atoms with E-state index in [0.717, 1.165) is 41.7 Å². The van der Waals surface area contributed by atoms with E-state index in [1.54, 1.807) is 7.05 Å². The molecule has 0 radical (unpaired) electrons. The van der Waals surface area contributed by atoms with Crippen LogP contribution in [-0.2, 0) is 4.79 Å². The van der Waals surface area contributed by atoms with Crippen LogP contribution in [0.2, 0.25) is 0 Å². The number of aromatic nitrogens is 1. The summed E-state index contributed by atoms with van der Waals surface area (Å²) in [6.07, 6.45) is 8.66. The van der Waals surface area contributed by atoms with E-state index in [0.29, 0.717) is 22.9 Å². The quantitative estimate of drug-likeness (QED) is 0.815. The summed E-state index contributed by atoms with van der Waals surface area (Å²) in [5.41, 5.74) is 7.55. The first kappa shape index (κ1) is 19.2. The number of piperidine rings is 1. The van der Waals surface area contributed by atoms with E-state index in [1.165, 1.54) is 37.0 Å². The van der Waals surface area contributed by atoms with Gasteiger partial charge >= 0.3 is 0 Å². The van der Waals surface area contributed by atoms with Crippen molar-refractivity contribution in [3.8, 4) is 0 Å². The number of hydrogen-bond donors (Lipinski definition) is 2. The highest BCUT2D eigenvalue weighted by atomic mass is 32.1. The molecule has 0 aromatic carbocycles. The maximum atomic E-state index is 13.0. The summed E-state index contributed by atoms with van der Waals surface area (Å²) in [4.78, 5) is 33.2. The molecular weight excluding hydrogens is 372 g/mol. The number of nitrogens with zero attached hydrogens (tertiary/aromatic N) is 2. The minimum Gasteiger partial charge on any atom is -0.397 e. The molecule has 1 aliphatic carbocycles. The molecule has 0 spiro atoms. The summed E-state index contributed by atoms with van der Waals surface area (Å²) < 4.78 is 0. The molecule has 3 heterocycles. The maximum absolute atomic E-state index is 13.0. The Morgan fingerprint density at radius 2 is 1.96 bits per heavy atom. The largest absolute Gasteiger partial charge is 0.397 e. The first-order chi connectivity index (χ1) is 13.6. The number of fused-ring (bicyclic) bond motifs is 1. The highest BCUT2D eigenvalue weighted by molar-refractivity contribution is 7.21. The van der Waals surface area contributed by atoms with Crippen LogP contribution in [0.4, 0.5) is 5.69 Å². The molecule has 0 unspecified atom stereocenters. The molecule has 2 amide bonds. The van der Waals surface area contributed by atoms with Crippen LogP contribution in [0.1, 0.15) is 72.8 Å². The zero-order valence-corrected chi connectivity index (χ0v) is 17.2. The zero-order chi connectivity index (χ0) is 19.7. The molecule has 2 aromatic rings. The molecule has 150 valence electrons. The van der Waals surface area contributed by atoms with Crippen LogP contribution in [0, 0.1) is 5.92 Å². The Bertz CT molecular complexity index is 888. The Balaban J connectivity index is 1.60. The number of pyridine rings is 1. The smallest absolute Gasteiger partial charge is 0.263 e. The molecule has 2 aromatic heterocycles. The second-order valence-corrected chi connectivity index (χ2v) is 8.97. The van der Waals surface area contributed by atoms with E-state index < -0.39 is 0 Å². The number of amides is 2. The lowest BCUT2D eigenvalue weighted by Crippen LogP contribution is -2.39. The first-order valence-electron chi connectivity index (χ1n) is 10.3. The molecule has 4 rings (SSSR count). The van der Waals surface area contributed by atoms with Crippen molar-refractivity contribution in [3.63, 3.8) is 0 Å². The van der Waals surface area contributed by atoms with Crippen molar-refractivity contribution >= 4 is 39.1 Å². The Morgan fingerprint density at radius 3 is 2.71 bits per heavy atom. The molecule has 7 heteroatoms. The van der Waals surface area contributed by atoms with Gasteiger partial charge in [-0.05, 0) is 50.2 Å². The molecule has 1 atom stereocenters. The summed E-state index contributed by atoms with van der Waals surface area (Å²) in [6.45, 7) is 0.812. The summed E-state index contributed by atoms with van der Waals surface area (Å²) in [5, 5.41) is 3.44. The van der Waals surface area contributed by atoms with E-state index in [-0.39, 0.29) is 17.9 Å². The Morgan fingerprint density at radius 1 is 1.21 bits per heavy atom. The van der Waals surface area contributed by atoms with Crippen molar-refractivity contribution in [2.45, 2.75) is 57.4 Å². The summed E-state index contributed by atoms with van der Waals surface area (Å²) in [5.74, 6) is 0.640. The lowest BCUT2D eigenvalue weighted by molar-refractivity contribution is -0.136. The number of nitrogens with one attached hydrogen (secondary N) is 1. The van der Waals surface area contributed by atoms with Gasteiger partial charge in [0.05, 0.1) is 17.4 Å². The van der Waals surface area contributed by atoms with Crippen LogP contribution in [0.25, 0.3) is 10.2 Å². The summed E-state index contributed by atoms with van der Waals surface area (Å²) in [6, 6.07) is 3.95. The van der Waals surface area contributed by atoms with Gasteiger partial charge in [0.25, 0.3) is 5.91 Å². The summed E-state index contributed by atoms with van der Waals surface area (Å²) >= 11 is 1.32. The van der Waals surface area contributed by atoms with Gasteiger partial charge in [-0.2, -0.15) is 0 Å². The van der Waals surface area contributed by atoms with E-state index in [1.807, 2.05) is 17.0 Å². The topological polar surface area (TPSA) is 88.3 Å². The van der Waals surface area contributed by atoms with Crippen LogP contribution in [0.3, 0.4) is 0 Å². The predicted molar refractivity (Wildman–Crippen MR) is 112 cm³/mol. The lowest BCUT2D eigenvalue weighted by Gasteiger charge is -2.36.